The molecule has 1 amide bonds. The third kappa shape index (κ3) is 46.1. The molecule has 1 saturated heterocycles. The lowest BCUT2D eigenvalue weighted by Crippen LogP contribution is -2.61. The maximum atomic E-state index is 13.5. The molecule has 11 heteroatoms. The first-order valence-corrected chi connectivity index (χ1v) is 35.3. The fourth-order valence-corrected chi connectivity index (χ4v) is 11.2. The van der Waals surface area contributed by atoms with Gasteiger partial charge in [-0.1, -0.05) is 314 Å². The molecule has 0 bridgehead atoms. The summed E-state index contributed by atoms with van der Waals surface area (Å²) in [5, 5.41) is 57.2. The predicted molar refractivity (Wildman–Crippen MR) is 343 cm³/mol. The number of aliphatic hydroxyl groups is 5. The molecule has 0 spiro atoms. The Morgan fingerprint density at radius 1 is 0.476 bits per heavy atom. The summed E-state index contributed by atoms with van der Waals surface area (Å²) in [6, 6.07) is -1.02. The zero-order valence-corrected chi connectivity index (χ0v) is 53.6. The van der Waals surface area contributed by atoms with Gasteiger partial charge in [-0.2, -0.15) is 0 Å². The Bertz CT molecular complexity index is 1470. The van der Waals surface area contributed by atoms with Gasteiger partial charge in [0.1, 0.15) is 24.4 Å². The maximum Gasteiger partial charge on any atom is 0.306 e. The van der Waals surface area contributed by atoms with Crippen LogP contribution in [0.1, 0.15) is 342 Å². The van der Waals surface area contributed by atoms with Gasteiger partial charge < -0.3 is 45.1 Å². The SMILES string of the molecule is CCCCC/C=C\C/C=C\CCCCCCCCCCCCCCCCC(O)C(=O)NC(COC1OC(CO)C(O)C(O)C1OC(=O)CCCCCCCCCCCCCCCCCCC)C(O)/C=C/CCCCCCCCCCCC. The van der Waals surface area contributed by atoms with Crippen LogP contribution in [0.5, 0.6) is 0 Å². The first-order valence-electron chi connectivity index (χ1n) is 35.3. The van der Waals surface area contributed by atoms with Crippen molar-refractivity contribution in [3.05, 3.63) is 36.5 Å². The van der Waals surface area contributed by atoms with Gasteiger partial charge in [-0.25, -0.2) is 0 Å². The topological polar surface area (TPSA) is 175 Å². The molecule has 8 unspecified atom stereocenters. The van der Waals surface area contributed by atoms with Crippen molar-refractivity contribution in [1.82, 2.24) is 5.32 Å². The standard InChI is InChI=1S/C71H133NO10/c1-4-7-10-13-16-19-22-25-27-29-30-31-32-33-34-35-37-38-40-43-46-49-52-55-58-64(75)70(79)72-62(63(74)57-54-51-48-45-42-24-21-18-15-12-9-6-3)61-80-71-69(68(78)67(77)65(60-73)81-71)82-66(76)59-56-53-50-47-44-41-39-36-28-26-23-20-17-14-11-8-5-2/h16,19,25,27,54,57,62-65,67-69,71,73-75,77-78H,4-15,17-18,20-24,26,28-53,55-56,58-61H2,1-3H3,(H,72,79)/b19-16-,27-25-,57-54+. The summed E-state index contributed by atoms with van der Waals surface area (Å²) in [5.74, 6) is -1.18. The van der Waals surface area contributed by atoms with Crippen LogP contribution >= 0.6 is 0 Å². The van der Waals surface area contributed by atoms with Gasteiger partial charge in [-0.3, -0.25) is 9.59 Å². The molecule has 1 rings (SSSR count). The van der Waals surface area contributed by atoms with Crippen LogP contribution in [0.2, 0.25) is 0 Å². The van der Waals surface area contributed by atoms with Crippen molar-refractivity contribution in [2.45, 2.75) is 391 Å². The highest BCUT2D eigenvalue weighted by atomic mass is 16.7. The molecule has 1 aliphatic heterocycles. The number of carbonyl (C=O) groups is 2. The number of amides is 1. The normalized spacial score (nSPS) is 18.8. The molecule has 0 radical (unpaired) electrons. The van der Waals surface area contributed by atoms with Crippen LogP contribution in [0.25, 0.3) is 0 Å². The highest BCUT2D eigenvalue weighted by molar-refractivity contribution is 5.80. The van der Waals surface area contributed by atoms with E-state index in [1.807, 2.05) is 6.08 Å². The number of unbranched alkanes of at least 4 members (excludes halogenated alkanes) is 43. The molecule has 6 N–H and O–H groups in total. The van der Waals surface area contributed by atoms with Gasteiger partial charge in [0.2, 0.25) is 5.91 Å². The molecule has 82 heavy (non-hydrogen) atoms. The first-order chi connectivity index (χ1) is 40.2. The van der Waals surface area contributed by atoms with E-state index in [-0.39, 0.29) is 13.0 Å². The molecule has 0 aliphatic carbocycles. The summed E-state index contributed by atoms with van der Waals surface area (Å²) in [7, 11) is 0. The van der Waals surface area contributed by atoms with Crippen molar-refractivity contribution >= 4 is 11.9 Å². The van der Waals surface area contributed by atoms with Crippen LogP contribution in [-0.2, 0) is 23.8 Å². The Morgan fingerprint density at radius 3 is 1.27 bits per heavy atom. The minimum Gasteiger partial charge on any atom is -0.454 e. The van der Waals surface area contributed by atoms with Crippen molar-refractivity contribution in [2.75, 3.05) is 13.2 Å². The van der Waals surface area contributed by atoms with E-state index in [0.29, 0.717) is 19.3 Å². The van der Waals surface area contributed by atoms with E-state index in [0.717, 1.165) is 64.2 Å². The molecule has 0 aromatic rings. The molecule has 11 nitrogen and oxygen atoms in total. The number of allylic oxidation sites excluding steroid dienone is 5. The molecule has 8 atom stereocenters. The average Bonchev–Trinajstić information content (AvgIpc) is 3.68. The molecule has 0 aromatic carbocycles. The monoisotopic (exact) mass is 1160 g/mol. The summed E-state index contributed by atoms with van der Waals surface area (Å²) in [6.07, 6.45) is 61.9. The highest BCUT2D eigenvalue weighted by Crippen LogP contribution is 2.26. The molecule has 1 fully saturated rings. The van der Waals surface area contributed by atoms with Crippen molar-refractivity contribution in [3.63, 3.8) is 0 Å². The molecular weight excluding hydrogens is 1030 g/mol. The number of ether oxygens (including phenoxy) is 3. The van der Waals surface area contributed by atoms with Gasteiger partial charge in [0.25, 0.3) is 0 Å². The van der Waals surface area contributed by atoms with Crippen LogP contribution in [0.15, 0.2) is 36.5 Å². The number of esters is 1. The minimum absolute atomic E-state index is 0.130. The van der Waals surface area contributed by atoms with E-state index in [4.69, 9.17) is 14.2 Å². The average molecular weight is 1160 g/mol. The van der Waals surface area contributed by atoms with E-state index >= 15 is 0 Å². The summed E-state index contributed by atoms with van der Waals surface area (Å²) >= 11 is 0. The van der Waals surface area contributed by atoms with Crippen molar-refractivity contribution < 1.29 is 49.3 Å². The van der Waals surface area contributed by atoms with Gasteiger partial charge in [0, 0.05) is 6.42 Å². The third-order valence-electron chi connectivity index (χ3n) is 16.8. The quantitative estimate of drug-likeness (QED) is 0.0195. The summed E-state index contributed by atoms with van der Waals surface area (Å²) in [4.78, 5) is 26.6. The van der Waals surface area contributed by atoms with Gasteiger partial charge in [0.15, 0.2) is 12.4 Å². The Hall–Kier alpha value is -2.12. The second-order valence-corrected chi connectivity index (χ2v) is 24.6. The predicted octanol–water partition coefficient (Wildman–Crippen LogP) is 17.8. The lowest BCUT2D eigenvalue weighted by atomic mass is 9.99. The van der Waals surface area contributed by atoms with E-state index in [9.17, 15) is 35.1 Å². The largest absolute Gasteiger partial charge is 0.454 e. The maximum absolute atomic E-state index is 13.5. The van der Waals surface area contributed by atoms with Gasteiger partial charge in [-0.05, 0) is 57.8 Å². The zero-order chi connectivity index (χ0) is 59.6. The fraction of sp³-hybridized carbons (Fsp3) is 0.887. The smallest absolute Gasteiger partial charge is 0.306 e. The second kappa shape index (κ2) is 59.2. The van der Waals surface area contributed by atoms with E-state index in [2.05, 4.69) is 50.4 Å². The molecule has 0 saturated carbocycles. The van der Waals surface area contributed by atoms with Crippen molar-refractivity contribution in [3.8, 4) is 0 Å². The molecule has 1 heterocycles. The minimum atomic E-state index is -1.61. The van der Waals surface area contributed by atoms with Crippen LogP contribution in [0.3, 0.4) is 0 Å². The number of hydrogen-bond acceptors (Lipinski definition) is 10. The van der Waals surface area contributed by atoms with Crippen molar-refractivity contribution in [2.24, 2.45) is 0 Å². The summed E-state index contributed by atoms with van der Waals surface area (Å²) < 4.78 is 17.7. The van der Waals surface area contributed by atoms with E-state index in [1.54, 1.807) is 6.08 Å². The van der Waals surface area contributed by atoms with Crippen LogP contribution < -0.4 is 5.32 Å². The van der Waals surface area contributed by atoms with Crippen molar-refractivity contribution in [1.29, 1.82) is 0 Å². The van der Waals surface area contributed by atoms with Gasteiger partial charge >= 0.3 is 5.97 Å². The van der Waals surface area contributed by atoms with E-state index in [1.165, 1.54) is 231 Å². The molecule has 482 valence electrons. The Morgan fingerprint density at radius 2 is 0.841 bits per heavy atom. The second-order valence-electron chi connectivity index (χ2n) is 24.6. The number of hydrogen-bond donors (Lipinski definition) is 6. The lowest BCUT2D eigenvalue weighted by molar-refractivity contribution is -0.305. The number of rotatable bonds is 61. The molecular formula is C71H133NO10. The van der Waals surface area contributed by atoms with Crippen LogP contribution in [-0.4, -0.2) is 99.6 Å². The third-order valence-corrected chi connectivity index (χ3v) is 16.8. The molecule has 0 aromatic heterocycles. The van der Waals surface area contributed by atoms with Gasteiger partial charge in [-0.15, -0.1) is 0 Å². The van der Waals surface area contributed by atoms with Crippen LogP contribution in [0.4, 0.5) is 0 Å². The number of nitrogens with one attached hydrogen (secondary N) is 1. The zero-order valence-electron chi connectivity index (χ0n) is 53.6. The summed E-state index contributed by atoms with van der Waals surface area (Å²) in [6.45, 7) is 5.81. The summed E-state index contributed by atoms with van der Waals surface area (Å²) in [5.41, 5.74) is 0. The Balaban J connectivity index is 2.57. The fourth-order valence-electron chi connectivity index (χ4n) is 11.2. The Labute approximate surface area is 504 Å². The van der Waals surface area contributed by atoms with Crippen LogP contribution in [0, 0.1) is 0 Å². The first kappa shape index (κ1) is 77.9. The number of aliphatic hydroxyl groups excluding tert-OH is 5. The van der Waals surface area contributed by atoms with Gasteiger partial charge in [0.05, 0.1) is 25.4 Å². The lowest BCUT2D eigenvalue weighted by Gasteiger charge is -2.41. The Kier molecular flexibility index (Phi) is 56.3. The highest BCUT2D eigenvalue weighted by Gasteiger charge is 2.47. The molecule has 1 aliphatic rings. The number of carbonyl (C=O) groups excluding carboxylic acids is 2. The van der Waals surface area contributed by atoms with E-state index < -0.39 is 67.4 Å².